The predicted octanol–water partition coefficient (Wildman–Crippen LogP) is 2.20. The van der Waals surface area contributed by atoms with E-state index < -0.39 is 17.9 Å². The molecule has 0 fully saturated rings. The van der Waals surface area contributed by atoms with Crippen LogP contribution in [0, 0.1) is 0 Å². The number of carboxylic acid groups (broad SMARTS) is 1. The van der Waals surface area contributed by atoms with Gasteiger partial charge in [-0.25, -0.2) is 9.59 Å². The highest BCUT2D eigenvalue weighted by atomic mass is 16.4. The first kappa shape index (κ1) is 18.5. The first-order valence-electron chi connectivity index (χ1n) is 7.54. The Bertz CT molecular complexity index is 572. The SMILES string of the molecule is CCCC(NC(=O)c1cccc(NC(=O)NC(C)C)c1)C(=O)O. The molecule has 7 heteroatoms. The Balaban J connectivity index is 2.77. The molecule has 0 heterocycles. The minimum atomic E-state index is -1.06. The number of carbonyl (C=O) groups excluding carboxylic acids is 2. The van der Waals surface area contributed by atoms with Gasteiger partial charge in [0.1, 0.15) is 6.04 Å². The number of urea groups is 1. The molecule has 1 unspecified atom stereocenters. The highest BCUT2D eigenvalue weighted by molar-refractivity contribution is 5.98. The number of hydrogen-bond acceptors (Lipinski definition) is 3. The summed E-state index contributed by atoms with van der Waals surface area (Å²) in [5.41, 5.74) is 0.743. The van der Waals surface area contributed by atoms with E-state index in [9.17, 15) is 14.4 Å². The summed E-state index contributed by atoms with van der Waals surface area (Å²) in [6.45, 7) is 5.52. The van der Waals surface area contributed by atoms with Gasteiger partial charge in [-0.15, -0.1) is 0 Å². The van der Waals surface area contributed by atoms with Crippen LogP contribution in [0.5, 0.6) is 0 Å². The highest BCUT2D eigenvalue weighted by Gasteiger charge is 2.19. The molecule has 126 valence electrons. The molecule has 0 saturated carbocycles. The van der Waals surface area contributed by atoms with Gasteiger partial charge in [-0.05, 0) is 38.5 Å². The van der Waals surface area contributed by atoms with Crippen molar-refractivity contribution in [1.82, 2.24) is 10.6 Å². The molecular formula is C16H23N3O4. The van der Waals surface area contributed by atoms with Crippen molar-refractivity contribution in [2.24, 2.45) is 0 Å². The van der Waals surface area contributed by atoms with E-state index in [1.54, 1.807) is 18.2 Å². The van der Waals surface area contributed by atoms with Gasteiger partial charge < -0.3 is 21.1 Å². The zero-order valence-electron chi connectivity index (χ0n) is 13.6. The minimum absolute atomic E-state index is 0.00755. The molecular weight excluding hydrogens is 298 g/mol. The van der Waals surface area contributed by atoms with E-state index >= 15 is 0 Å². The zero-order chi connectivity index (χ0) is 17.4. The number of rotatable bonds is 7. The van der Waals surface area contributed by atoms with Gasteiger partial charge in [-0.3, -0.25) is 4.79 Å². The standard InChI is InChI=1S/C16H23N3O4/c1-4-6-13(15(21)22)19-14(20)11-7-5-8-12(9-11)18-16(23)17-10(2)3/h5,7-10,13H,4,6H2,1-3H3,(H,19,20)(H,21,22)(H2,17,18,23). The summed E-state index contributed by atoms with van der Waals surface area (Å²) >= 11 is 0. The second-order valence-electron chi connectivity index (χ2n) is 5.49. The first-order valence-corrected chi connectivity index (χ1v) is 7.54. The quantitative estimate of drug-likeness (QED) is 0.617. The number of amides is 3. The molecule has 0 radical (unpaired) electrons. The van der Waals surface area contributed by atoms with Crippen LogP contribution in [0.3, 0.4) is 0 Å². The third kappa shape index (κ3) is 6.37. The number of nitrogens with one attached hydrogen (secondary N) is 3. The lowest BCUT2D eigenvalue weighted by Crippen LogP contribution is -2.40. The third-order valence-corrected chi connectivity index (χ3v) is 2.98. The van der Waals surface area contributed by atoms with Crippen molar-refractivity contribution in [2.45, 2.75) is 45.7 Å². The molecule has 0 aliphatic carbocycles. The van der Waals surface area contributed by atoms with Crippen molar-refractivity contribution in [3.8, 4) is 0 Å². The van der Waals surface area contributed by atoms with Crippen molar-refractivity contribution in [3.05, 3.63) is 29.8 Å². The van der Waals surface area contributed by atoms with Gasteiger partial charge in [0.2, 0.25) is 0 Å². The number of carbonyl (C=O) groups is 3. The minimum Gasteiger partial charge on any atom is -0.480 e. The lowest BCUT2D eigenvalue weighted by molar-refractivity contribution is -0.139. The molecule has 1 rings (SSSR count). The summed E-state index contributed by atoms with van der Waals surface area (Å²) in [4.78, 5) is 34.9. The third-order valence-electron chi connectivity index (χ3n) is 2.98. The van der Waals surface area contributed by atoms with Crippen molar-refractivity contribution in [2.75, 3.05) is 5.32 Å². The molecule has 0 aromatic heterocycles. The van der Waals surface area contributed by atoms with E-state index in [0.717, 1.165) is 0 Å². The fourth-order valence-electron chi connectivity index (χ4n) is 1.96. The van der Waals surface area contributed by atoms with Crippen LogP contribution in [-0.4, -0.2) is 35.1 Å². The second-order valence-corrected chi connectivity index (χ2v) is 5.49. The Hall–Kier alpha value is -2.57. The molecule has 7 nitrogen and oxygen atoms in total. The summed E-state index contributed by atoms with van der Waals surface area (Å²) in [5, 5.41) is 16.9. The van der Waals surface area contributed by atoms with Crippen molar-refractivity contribution < 1.29 is 19.5 Å². The van der Waals surface area contributed by atoms with Crippen LogP contribution in [0.4, 0.5) is 10.5 Å². The lowest BCUT2D eigenvalue weighted by atomic mass is 10.1. The molecule has 0 bridgehead atoms. The Morgan fingerprint density at radius 1 is 1.17 bits per heavy atom. The Labute approximate surface area is 135 Å². The smallest absolute Gasteiger partial charge is 0.326 e. The van der Waals surface area contributed by atoms with Crippen LogP contribution < -0.4 is 16.0 Å². The van der Waals surface area contributed by atoms with Gasteiger partial charge in [0.25, 0.3) is 5.91 Å². The molecule has 0 spiro atoms. The Kier molecular flexibility index (Phi) is 7.05. The number of hydrogen-bond donors (Lipinski definition) is 4. The van der Waals surface area contributed by atoms with Crippen LogP contribution in [-0.2, 0) is 4.79 Å². The fraction of sp³-hybridized carbons (Fsp3) is 0.438. The molecule has 0 aliphatic heterocycles. The maximum absolute atomic E-state index is 12.1. The van der Waals surface area contributed by atoms with Crippen LogP contribution in [0.25, 0.3) is 0 Å². The Morgan fingerprint density at radius 3 is 2.43 bits per heavy atom. The summed E-state index contributed by atoms with van der Waals surface area (Å²) in [5.74, 6) is -1.55. The second kappa shape index (κ2) is 8.77. The molecule has 0 saturated heterocycles. The molecule has 4 N–H and O–H groups in total. The summed E-state index contributed by atoms with van der Waals surface area (Å²) < 4.78 is 0. The largest absolute Gasteiger partial charge is 0.480 e. The predicted molar refractivity (Wildman–Crippen MR) is 87.5 cm³/mol. The number of carboxylic acids is 1. The van der Waals surface area contributed by atoms with Gasteiger partial charge in [0.15, 0.2) is 0 Å². The molecule has 1 atom stereocenters. The number of aliphatic carboxylic acids is 1. The van der Waals surface area contributed by atoms with Gasteiger partial charge >= 0.3 is 12.0 Å². The monoisotopic (exact) mass is 321 g/mol. The van der Waals surface area contributed by atoms with Crippen LogP contribution in [0.2, 0.25) is 0 Å². The van der Waals surface area contributed by atoms with Gasteiger partial charge in [-0.1, -0.05) is 19.4 Å². The van der Waals surface area contributed by atoms with Gasteiger partial charge in [-0.2, -0.15) is 0 Å². The number of anilines is 1. The molecule has 0 aliphatic rings. The first-order chi connectivity index (χ1) is 10.8. The molecule has 23 heavy (non-hydrogen) atoms. The van der Waals surface area contributed by atoms with Crippen molar-refractivity contribution in [3.63, 3.8) is 0 Å². The molecule has 1 aromatic carbocycles. The van der Waals surface area contributed by atoms with E-state index in [2.05, 4.69) is 16.0 Å². The average molecular weight is 321 g/mol. The highest BCUT2D eigenvalue weighted by Crippen LogP contribution is 2.11. The van der Waals surface area contributed by atoms with E-state index in [4.69, 9.17) is 5.11 Å². The van der Waals surface area contributed by atoms with Gasteiger partial charge in [0.05, 0.1) is 0 Å². The van der Waals surface area contributed by atoms with E-state index in [0.29, 0.717) is 18.5 Å². The topological polar surface area (TPSA) is 108 Å². The van der Waals surface area contributed by atoms with E-state index in [1.807, 2.05) is 20.8 Å². The lowest BCUT2D eigenvalue weighted by Gasteiger charge is -2.14. The molecule has 1 aromatic rings. The van der Waals surface area contributed by atoms with E-state index in [-0.39, 0.29) is 17.6 Å². The number of benzene rings is 1. The van der Waals surface area contributed by atoms with E-state index in [1.165, 1.54) is 6.07 Å². The van der Waals surface area contributed by atoms with Crippen LogP contribution in [0.15, 0.2) is 24.3 Å². The van der Waals surface area contributed by atoms with Crippen LogP contribution >= 0.6 is 0 Å². The van der Waals surface area contributed by atoms with Crippen molar-refractivity contribution in [1.29, 1.82) is 0 Å². The summed E-state index contributed by atoms with van der Waals surface area (Å²) in [6.07, 6.45) is 1.00. The maximum atomic E-state index is 12.1. The van der Waals surface area contributed by atoms with Crippen molar-refractivity contribution >= 4 is 23.6 Å². The van der Waals surface area contributed by atoms with Gasteiger partial charge in [0, 0.05) is 17.3 Å². The fourth-order valence-corrected chi connectivity index (χ4v) is 1.96. The molecule has 3 amide bonds. The zero-order valence-corrected chi connectivity index (χ0v) is 13.6. The average Bonchev–Trinajstić information content (AvgIpc) is 2.45. The summed E-state index contributed by atoms with van der Waals surface area (Å²) in [7, 11) is 0. The van der Waals surface area contributed by atoms with Crippen LogP contribution in [0.1, 0.15) is 44.0 Å². The summed E-state index contributed by atoms with van der Waals surface area (Å²) in [6, 6.07) is 5.03. The normalized spacial score (nSPS) is 11.7. The maximum Gasteiger partial charge on any atom is 0.326 e. The Morgan fingerprint density at radius 2 is 1.87 bits per heavy atom.